The summed E-state index contributed by atoms with van der Waals surface area (Å²) < 4.78 is 39.0. The lowest BCUT2D eigenvalue weighted by Crippen LogP contribution is -2.40. The lowest BCUT2D eigenvalue weighted by atomic mass is 10.2. The van der Waals surface area contributed by atoms with Crippen LogP contribution in [0.5, 0.6) is 17.2 Å². The molecule has 0 aliphatic rings. The van der Waals surface area contributed by atoms with Gasteiger partial charge in [0.2, 0.25) is 5.91 Å². The zero-order chi connectivity index (χ0) is 25.4. The average molecular weight is 503 g/mol. The van der Waals surface area contributed by atoms with Crippen molar-refractivity contribution in [3.8, 4) is 17.2 Å². The smallest absolute Gasteiger partial charge is 0.264 e. The molecule has 1 N–H and O–H groups in total. The second kappa shape index (κ2) is 11.4. The van der Waals surface area contributed by atoms with Crippen LogP contribution in [0.2, 0.25) is 0 Å². The number of benzene rings is 4. The van der Waals surface area contributed by atoms with Crippen molar-refractivity contribution < 1.29 is 22.7 Å². The molecule has 0 atom stereocenters. The molecule has 4 aromatic rings. The molecule has 7 nitrogen and oxygen atoms in total. The minimum Gasteiger partial charge on any atom is -0.497 e. The molecule has 0 aliphatic carbocycles. The van der Waals surface area contributed by atoms with E-state index in [9.17, 15) is 13.2 Å². The maximum Gasteiger partial charge on any atom is 0.264 e. The van der Waals surface area contributed by atoms with Crippen molar-refractivity contribution in [3.05, 3.63) is 115 Å². The van der Waals surface area contributed by atoms with Crippen molar-refractivity contribution >= 4 is 21.6 Å². The molecule has 4 aromatic carbocycles. The van der Waals surface area contributed by atoms with E-state index in [2.05, 4.69) is 5.32 Å². The molecule has 184 valence electrons. The van der Waals surface area contributed by atoms with Gasteiger partial charge in [0, 0.05) is 6.54 Å². The van der Waals surface area contributed by atoms with Crippen molar-refractivity contribution in [1.29, 1.82) is 0 Å². The van der Waals surface area contributed by atoms with Crippen LogP contribution >= 0.6 is 0 Å². The predicted molar refractivity (Wildman–Crippen MR) is 139 cm³/mol. The molecule has 0 aliphatic heterocycles. The summed E-state index contributed by atoms with van der Waals surface area (Å²) in [5.74, 6) is 1.49. The molecule has 4 rings (SSSR count). The highest BCUT2D eigenvalue weighted by Crippen LogP contribution is 2.28. The molecule has 0 saturated carbocycles. The molecular formula is C28H26N2O5S. The summed E-state index contributed by atoms with van der Waals surface area (Å²) in [7, 11) is -2.42. The summed E-state index contributed by atoms with van der Waals surface area (Å²) in [5, 5.41) is 2.79. The normalized spacial score (nSPS) is 10.9. The monoisotopic (exact) mass is 502 g/mol. The maximum absolute atomic E-state index is 13.5. The van der Waals surface area contributed by atoms with Gasteiger partial charge in [0.1, 0.15) is 23.8 Å². The van der Waals surface area contributed by atoms with E-state index in [1.54, 1.807) is 61.7 Å². The van der Waals surface area contributed by atoms with Crippen LogP contribution in [-0.2, 0) is 21.4 Å². The van der Waals surface area contributed by atoms with Crippen molar-refractivity contribution in [2.75, 3.05) is 18.0 Å². The maximum atomic E-state index is 13.5. The van der Waals surface area contributed by atoms with Crippen LogP contribution in [0.4, 0.5) is 5.69 Å². The van der Waals surface area contributed by atoms with Gasteiger partial charge in [-0.15, -0.1) is 0 Å². The Kier molecular flexibility index (Phi) is 7.87. The molecule has 1 amide bonds. The van der Waals surface area contributed by atoms with Gasteiger partial charge in [-0.3, -0.25) is 9.10 Å². The lowest BCUT2D eigenvalue weighted by Gasteiger charge is -2.24. The molecule has 0 spiro atoms. The standard InChI is InChI=1S/C28H26N2O5S/c1-34-24-16-12-22(13-17-24)20-29-28(31)21-30(36(32,33)27-10-6-3-7-11-27)23-14-18-26(19-15-23)35-25-8-4-2-5-9-25/h2-19H,20-21H2,1H3,(H,29,31). The first-order chi connectivity index (χ1) is 17.5. The number of sulfonamides is 1. The molecule has 8 heteroatoms. The van der Waals surface area contributed by atoms with Crippen LogP contribution in [-0.4, -0.2) is 28.0 Å². The van der Waals surface area contributed by atoms with Gasteiger partial charge in [0.25, 0.3) is 10.0 Å². The van der Waals surface area contributed by atoms with Crippen molar-refractivity contribution in [1.82, 2.24) is 5.32 Å². The molecule has 36 heavy (non-hydrogen) atoms. The van der Waals surface area contributed by atoms with Crippen LogP contribution in [0.15, 0.2) is 114 Å². The molecule has 0 bridgehead atoms. The van der Waals surface area contributed by atoms with Crippen molar-refractivity contribution in [3.63, 3.8) is 0 Å². The quantitative estimate of drug-likeness (QED) is 0.330. The third-order valence-electron chi connectivity index (χ3n) is 5.37. The first-order valence-corrected chi connectivity index (χ1v) is 12.7. The van der Waals surface area contributed by atoms with E-state index >= 15 is 0 Å². The summed E-state index contributed by atoms with van der Waals surface area (Å²) in [6.45, 7) is -0.127. The van der Waals surface area contributed by atoms with Crippen molar-refractivity contribution in [2.24, 2.45) is 0 Å². The highest BCUT2D eigenvalue weighted by molar-refractivity contribution is 7.92. The number of carbonyl (C=O) groups excluding carboxylic acids is 1. The molecular weight excluding hydrogens is 476 g/mol. The fraction of sp³-hybridized carbons (Fsp3) is 0.107. The summed E-state index contributed by atoms with van der Waals surface area (Å²) in [5.41, 5.74) is 1.21. The van der Waals surface area contributed by atoms with Crippen LogP contribution < -0.4 is 19.1 Å². The molecule has 0 heterocycles. The van der Waals surface area contributed by atoms with Gasteiger partial charge >= 0.3 is 0 Å². The van der Waals surface area contributed by atoms with Gasteiger partial charge in [-0.25, -0.2) is 8.42 Å². The van der Waals surface area contributed by atoms with Gasteiger partial charge in [0.15, 0.2) is 0 Å². The third kappa shape index (κ3) is 6.22. The van der Waals surface area contributed by atoms with Gasteiger partial charge in [-0.2, -0.15) is 0 Å². The molecule has 0 aromatic heterocycles. The van der Waals surface area contributed by atoms with E-state index in [0.717, 1.165) is 9.87 Å². The van der Waals surface area contributed by atoms with Crippen LogP contribution in [0.1, 0.15) is 5.56 Å². The van der Waals surface area contributed by atoms with E-state index in [4.69, 9.17) is 9.47 Å². The summed E-state index contributed by atoms with van der Waals surface area (Å²) in [6, 6.07) is 31.2. The molecule has 0 saturated heterocycles. The second-order valence-corrected chi connectivity index (χ2v) is 9.72. The number of ether oxygens (including phenoxy) is 2. The molecule has 0 unspecified atom stereocenters. The summed E-state index contributed by atoms with van der Waals surface area (Å²) in [6.07, 6.45) is 0. The fourth-order valence-corrected chi connectivity index (χ4v) is 4.91. The fourth-order valence-electron chi connectivity index (χ4n) is 3.47. The number of methoxy groups -OCH3 is 1. The van der Waals surface area contributed by atoms with E-state index in [-0.39, 0.29) is 18.0 Å². The minimum atomic E-state index is -4.00. The van der Waals surface area contributed by atoms with E-state index in [1.165, 1.54) is 12.1 Å². The van der Waals surface area contributed by atoms with E-state index < -0.39 is 15.9 Å². The van der Waals surface area contributed by atoms with Gasteiger partial charge in [-0.05, 0) is 66.2 Å². The van der Waals surface area contributed by atoms with Crippen LogP contribution in [0.3, 0.4) is 0 Å². The average Bonchev–Trinajstić information content (AvgIpc) is 2.92. The Hall–Kier alpha value is -4.30. The number of anilines is 1. The Morgan fingerprint density at radius 1 is 0.750 bits per heavy atom. The van der Waals surface area contributed by atoms with E-state index in [0.29, 0.717) is 22.9 Å². The Morgan fingerprint density at radius 2 is 1.31 bits per heavy atom. The molecule has 0 radical (unpaired) electrons. The number of amides is 1. The van der Waals surface area contributed by atoms with Gasteiger partial charge < -0.3 is 14.8 Å². The highest BCUT2D eigenvalue weighted by Gasteiger charge is 2.27. The van der Waals surface area contributed by atoms with Crippen LogP contribution in [0.25, 0.3) is 0 Å². The minimum absolute atomic E-state index is 0.0950. The topological polar surface area (TPSA) is 84.9 Å². The second-order valence-electron chi connectivity index (χ2n) is 7.86. The lowest BCUT2D eigenvalue weighted by molar-refractivity contribution is -0.119. The Labute approximate surface area is 211 Å². The van der Waals surface area contributed by atoms with Gasteiger partial charge in [0.05, 0.1) is 17.7 Å². The zero-order valence-electron chi connectivity index (χ0n) is 19.7. The Morgan fingerprint density at radius 3 is 1.92 bits per heavy atom. The highest BCUT2D eigenvalue weighted by atomic mass is 32.2. The SMILES string of the molecule is COc1ccc(CNC(=O)CN(c2ccc(Oc3ccccc3)cc2)S(=O)(=O)c2ccccc2)cc1. The van der Waals surface area contributed by atoms with E-state index in [1.807, 2.05) is 42.5 Å². The first-order valence-electron chi connectivity index (χ1n) is 11.3. The number of nitrogens with zero attached hydrogens (tertiary/aromatic N) is 1. The number of nitrogens with one attached hydrogen (secondary N) is 1. The number of hydrogen-bond donors (Lipinski definition) is 1. The largest absolute Gasteiger partial charge is 0.497 e. The number of carbonyl (C=O) groups is 1. The number of para-hydroxylation sites is 1. The Bertz CT molecular complexity index is 1380. The summed E-state index contributed by atoms with van der Waals surface area (Å²) in [4.78, 5) is 12.9. The first kappa shape index (κ1) is 24.8. The summed E-state index contributed by atoms with van der Waals surface area (Å²) >= 11 is 0. The molecule has 0 fully saturated rings. The van der Waals surface area contributed by atoms with Crippen LogP contribution in [0, 0.1) is 0 Å². The Balaban J connectivity index is 1.54. The number of rotatable bonds is 10. The zero-order valence-corrected chi connectivity index (χ0v) is 20.5. The number of hydrogen-bond acceptors (Lipinski definition) is 5. The third-order valence-corrected chi connectivity index (χ3v) is 7.16. The van der Waals surface area contributed by atoms with Gasteiger partial charge in [-0.1, -0.05) is 48.5 Å². The predicted octanol–water partition coefficient (Wildman–Crippen LogP) is 5.00. The van der Waals surface area contributed by atoms with Crippen molar-refractivity contribution in [2.45, 2.75) is 11.4 Å².